The number of carbonyl (C=O) groups is 4. The molecule has 1 unspecified atom stereocenters. The first-order chi connectivity index (χ1) is 28.6. The van der Waals surface area contributed by atoms with E-state index in [2.05, 4.69) is 53.7 Å². The summed E-state index contributed by atoms with van der Waals surface area (Å²) in [6.07, 6.45) is 8.52. The third-order valence-corrected chi connectivity index (χ3v) is 13.8. The van der Waals surface area contributed by atoms with Crippen LogP contribution in [0, 0.1) is 11.3 Å². The van der Waals surface area contributed by atoms with Crippen LogP contribution in [0.25, 0.3) is 11.0 Å². The Labute approximate surface area is 342 Å². The number of amides is 5. The number of piperidine rings is 3. The van der Waals surface area contributed by atoms with E-state index in [0.717, 1.165) is 108 Å². The van der Waals surface area contributed by atoms with Gasteiger partial charge in [-0.25, -0.2) is 14.8 Å². The van der Waals surface area contributed by atoms with Gasteiger partial charge in [-0.3, -0.25) is 19.7 Å². The summed E-state index contributed by atoms with van der Waals surface area (Å²) >= 11 is 0. The monoisotopic (exact) mass is 801 g/mol. The van der Waals surface area contributed by atoms with Crippen LogP contribution in [0.3, 0.4) is 0 Å². The molecular formula is C43H51N11O5. The Balaban J connectivity index is 0.723. The highest BCUT2D eigenvalue weighted by Crippen LogP contribution is 2.44. The standard InChI is InChI=1S/C43H51N11O5/c1-50-17-18-54(42(50)58)30-3-2-14-53(23-30)34-21-45-37(39(44)56)40(47-34)46-28-5-7-29(8-6-28)52-15-12-43(13-16-52)24-51(25-43)22-26-19-27-4-9-31-36(49-59-38(31)33(27)20-26)32-10-11-35(55)48-41(32)57/h4-9,21,26,30,32H,2-3,10-20,22-25H2,1H3,(H2,44,56)(H,46,47)(H,48,55,57)/t26-,30-,32?/m1/s1. The van der Waals surface area contributed by atoms with Gasteiger partial charge in [0.1, 0.15) is 11.5 Å². The lowest BCUT2D eigenvalue weighted by Gasteiger charge is -2.55. The summed E-state index contributed by atoms with van der Waals surface area (Å²) in [7, 11) is 1.84. The van der Waals surface area contributed by atoms with Crippen LogP contribution in [0.4, 0.5) is 27.8 Å². The van der Waals surface area contributed by atoms with Crippen molar-refractivity contribution in [2.45, 2.75) is 63.3 Å². The normalized spacial score (nSPS) is 24.5. The topological polar surface area (TPSA) is 186 Å². The van der Waals surface area contributed by atoms with Gasteiger partial charge in [0.05, 0.1) is 18.2 Å². The summed E-state index contributed by atoms with van der Waals surface area (Å²) < 4.78 is 5.87. The Bertz CT molecular complexity index is 2310. The second kappa shape index (κ2) is 14.8. The molecule has 1 aliphatic carbocycles. The van der Waals surface area contributed by atoms with Gasteiger partial charge in [0.25, 0.3) is 5.91 Å². The first-order valence-corrected chi connectivity index (χ1v) is 21.1. The van der Waals surface area contributed by atoms with Gasteiger partial charge in [0.2, 0.25) is 11.8 Å². The molecule has 7 heterocycles. The molecule has 0 saturated carbocycles. The van der Waals surface area contributed by atoms with Crippen molar-refractivity contribution >= 4 is 57.7 Å². The fourth-order valence-electron chi connectivity index (χ4n) is 10.6. The average Bonchev–Trinajstić information content (AvgIpc) is 3.94. The molecule has 6 aliphatic rings. The lowest BCUT2D eigenvalue weighted by Crippen LogP contribution is -2.61. The number of urea groups is 1. The van der Waals surface area contributed by atoms with Crippen molar-refractivity contribution in [2.75, 3.05) is 81.1 Å². The molecule has 16 nitrogen and oxygen atoms in total. The molecule has 2 aromatic heterocycles. The predicted molar refractivity (Wildman–Crippen MR) is 221 cm³/mol. The summed E-state index contributed by atoms with van der Waals surface area (Å²) in [6.45, 7) is 8.24. The number of imide groups is 1. The molecule has 0 radical (unpaired) electrons. The van der Waals surface area contributed by atoms with Crippen LogP contribution in [0.1, 0.15) is 71.8 Å². The molecule has 16 heteroatoms. The van der Waals surface area contributed by atoms with Gasteiger partial charge in [0, 0.05) is 94.7 Å². The maximum atomic E-state index is 12.7. The SMILES string of the molecule is CN1CCN([C@@H]2CCCN(c3cnc(C(N)=O)c(Nc4ccc(N5CCC6(CC5)CN(C[C@@H]5Cc7ccc8c(C9CCC(=O)NC9=O)noc8c7C5)C6)cc4)n3)C2)C1=O. The minimum atomic E-state index is -0.648. The zero-order valence-electron chi connectivity index (χ0n) is 33.5. The van der Waals surface area contributed by atoms with Crippen molar-refractivity contribution in [2.24, 2.45) is 17.1 Å². The molecule has 10 rings (SSSR count). The van der Waals surface area contributed by atoms with Crippen LogP contribution in [0.5, 0.6) is 0 Å². The van der Waals surface area contributed by atoms with Crippen molar-refractivity contribution in [3.8, 4) is 0 Å². The number of hydrogen-bond acceptors (Lipinski definition) is 12. The number of nitrogens with zero attached hydrogens (tertiary/aromatic N) is 8. The number of nitrogens with one attached hydrogen (secondary N) is 2. The second-order valence-corrected chi connectivity index (χ2v) is 17.7. The van der Waals surface area contributed by atoms with Gasteiger partial charge < -0.3 is 40.1 Å². The molecule has 0 bridgehead atoms. The molecule has 1 spiro atoms. The fourth-order valence-corrected chi connectivity index (χ4v) is 10.6. The number of carbonyl (C=O) groups excluding carboxylic acids is 4. The van der Waals surface area contributed by atoms with E-state index in [1.54, 1.807) is 11.1 Å². The quantitative estimate of drug-likeness (QED) is 0.209. The molecule has 4 aromatic rings. The van der Waals surface area contributed by atoms with Crippen LogP contribution in [0.2, 0.25) is 0 Å². The number of primary amides is 1. The maximum absolute atomic E-state index is 12.7. The first kappa shape index (κ1) is 37.5. The van der Waals surface area contributed by atoms with Crippen molar-refractivity contribution in [1.82, 2.24) is 35.1 Å². The van der Waals surface area contributed by atoms with E-state index in [0.29, 0.717) is 48.0 Å². The number of fused-ring (bicyclic) bond motifs is 3. The highest BCUT2D eigenvalue weighted by atomic mass is 16.5. The van der Waals surface area contributed by atoms with Crippen LogP contribution in [-0.2, 0) is 22.4 Å². The molecular weight excluding hydrogens is 751 g/mol. The maximum Gasteiger partial charge on any atom is 0.320 e. The molecule has 3 atom stereocenters. The third kappa shape index (κ3) is 7.00. The molecule has 2 aromatic carbocycles. The average molecular weight is 802 g/mol. The van der Waals surface area contributed by atoms with Crippen LogP contribution in [-0.4, -0.2) is 126 Å². The van der Waals surface area contributed by atoms with Gasteiger partial charge in [-0.2, -0.15) is 0 Å². The summed E-state index contributed by atoms with van der Waals surface area (Å²) in [5.41, 5.74) is 12.1. The molecule has 59 heavy (non-hydrogen) atoms. The predicted octanol–water partition coefficient (Wildman–Crippen LogP) is 3.63. The largest absolute Gasteiger partial charge is 0.371 e. The number of likely N-dealkylation sites (tertiary alicyclic amines) is 1. The highest BCUT2D eigenvalue weighted by molar-refractivity contribution is 6.02. The van der Waals surface area contributed by atoms with E-state index < -0.39 is 11.8 Å². The Morgan fingerprint density at radius 2 is 1.80 bits per heavy atom. The number of nitrogens with two attached hydrogens (primary N) is 1. The number of hydrogen-bond donors (Lipinski definition) is 3. The smallest absolute Gasteiger partial charge is 0.320 e. The number of benzene rings is 2. The van der Waals surface area contributed by atoms with Crippen LogP contribution >= 0.6 is 0 Å². The Morgan fingerprint density at radius 3 is 2.54 bits per heavy atom. The number of rotatable bonds is 9. The van der Waals surface area contributed by atoms with Crippen LogP contribution < -0.4 is 26.2 Å². The van der Waals surface area contributed by atoms with E-state index in [1.807, 2.05) is 30.1 Å². The molecule has 5 saturated heterocycles. The van der Waals surface area contributed by atoms with E-state index in [1.165, 1.54) is 16.8 Å². The van der Waals surface area contributed by atoms with E-state index in [9.17, 15) is 19.2 Å². The van der Waals surface area contributed by atoms with Crippen molar-refractivity contribution in [3.63, 3.8) is 0 Å². The highest BCUT2D eigenvalue weighted by Gasteiger charge is 2.46. The van der Waals surface area contributed by atoms with E-state index in [-0.39, 0.29) is 29.6 Å². The first-order valence-electron chi connectivity index (χ1n) is 21.1. The van der Waals surface area contributed by atoms with Gasteiger partial charge in [-0.1, -0.05) is 11.2 Å². The zero-order valence-corrected chi connectivity index (χ0v) is 33.5. The van der Waals surface area contributed by atoms with Crippen molar-refractivity contribution in [1.29, 1.82) is 0 Å². The summed E-state index contributed by atoms with van der Waals surface area (Å²) in [4.78, 5) is 69.5. The molecule has 5 amide bonds. The number of aromatic nitrogens is 3. The minimum absolute atomic E-state index is 0.0703. The zero-order chi connectivity index (χ0) is 40.4. The number of anilines is 4. The van der Waals surface area contributed by atoms with Gasteiger partial charge in [0.15, 0.2) is 17.1 Å². The third-order valence-electron chi connectivity index (χ3n) is 13.8. The Morgan fingerprint density at radius 1 is 0.983 bits per heavy atom. The lowest BCUT2D eigenvalue weighted by molar-refractivity contribution is -0.134. The minimum Gasteiger partial charge on any atom is -0.371 e. The molecule has 4 N–H and O–H groups in total. The van der Waals surface area contributed by atoms with Gasteiger partial charge >= 0.3 is 6.03 Å². The summed E-state index contributed by atoms with van der Waals surface area (Å²) in [5.74, 6) is -0.130. The van der Waals surface area contributed by atoms with E-state index >= 15 is 0 Å². The summed E-state index contributed by atoms with van der Waals surface area (Å²) in [5, 5.41) is 11.0. The summed E-state index contributed by atoms with van der Waals surface area (Å²) in [6, 6.07) is 12.6. The Hall–Kier alpha value is -5.77. The Kier molecular flexibility index (Phi) is 9.41. The number of likely N-dealkylation sites (N-methyl/N-ethyl adjacent to an activating group) is 1. The molecule has 308 valence electrons. The van der Waals surface area contributed by atoms with Gasteiger partial charge in [-0.15, -0.1) is 0 Å². The van der Waals surface area contributed by atoms with E-state index in [4.69, 9.17) is 15.2 Å². The molecule has 5 fully saturated rings. The van der Waals surface area contributed by atoms with Crippen molar-refractivity contribution in [3.05, 3.63) is 65.1 Å². The fraction of sp³-hybridized carbons (Fsp3) is 0.512. The van der Waals surface area contributed by atoms with Crippen molar-refractivity contribution < 1.29 is 23.7 Å². The van der Waals surface area contributed by atoms with Gasteiger partial charge in [-0.05, 0) is 92.2 Å². The second-order valence-electron chi connectivity index (χ2n) is 17.7. The van der Waals surface area contributed by atoms with Crippen LogP contribution in [0.15, 0.2) is 47.1 Å². The molecule has 5 aliphatic heterocycles. The lowest BCUT2D eigenvalue weighted by atomic mass is 9.71.